The first-order valence-electron chi connectivity index (χ1n) is 4.95. The highest BCUT2D eigenvalue weighted by Gasteiger charge is 2.13. The number of aromatic nitrogens is 2. The first-order valence-corrected chi connectivity index (χ1v) is 5.32. The topological polar surface area (TPSA) is 61.6 Å². The lowest BCUT2D eigenvalue weighted by Crippen LogP contribution is -2.03. The monoisotopic (exact) mass is 236 g/mol. The number of rotatable bonds is 3. The fourth-order valence-electron chi connectivity index (χ4n) is 1.53. The molecule has 0 bridgehead atoms. The van der Waals surface area contributed by atoms with Crippen molar-refractivity contribution < 1.29 is 0 Å². The number of aryl methyl sites for hydroxylation is 1. The molecule has 0 spiro atoms. The van der Waals surface area contributed by atoms with Crippen molar-refractivity contribution in [1.29, 1.82) is 5.26 Å². The largest absolute Gasteiger partial charge is 0.394 e. The maximum atomic E-state index is 9.03. The lowest BCUT2D eigenvalue weighted by Gasteiger charge is -2.09. The molecule has 4 nitrogen and oxygen atoms in total. The van der Waals surface area contributed by atoms with Gasteiger partial charge >= 0.3 is 0 Å². The van der Waals surface area contributed by atoms with Gasteiger partial charge in [-0.1, -0.05) is 6.92 Å². The molecule has 1 N–H and O–H groups in total. The summed E-state index contributed by atoms with van der Waals surface area (Å²) in [5.74, 6) is 0. The average Bonchev–Trinajstić information content (AvgIpc) is 2.25. The Balaban J connectivity index is 3.43. The van der Waals surface area contributed by atoms with Crippen LogP contribution in [0.4, 0.5) is 0 Å². The van der Waals surface area contributed by atoms with Crippen LogP contribution in [-0.2, 0) is 0 Å². The zero-order valence-electron chi connectivity index (χ0n) is 9.50. The molecule has 5 heteroatoms. The fourth-order valence-corrected chi connectivity index (χ4v) is 1.74. The number of nitriles is 1. The van der Waals surface area contributed by atoms with Gasteiger partial charge in [-0.25, -0.2) is 9.97 Å². The van der Waals surface area contributed by atoms with Crippen molar-refractivity contribution in [3.8, 4) is 6.07 Å². The molecule has 0 amide bonds. The molecule has 1 aromatic rings. The van der Waals surface area contributed by atoms with E-state index in [0.717, 1.165) is 23.3 Å². The molecular formula is C11H13ClN4. The minimum Gasteiger partial charge on any atom is -0.394 e. The Bertz CT molecular complexity index is 460. The zero-order valence-corrected chi connectivity index (χ0v) is 10.3. The normalized spacial score (nSPS) is 11.1. The third-order valence-corrected chi connectivity index (χ3v) is 2.36. The molecule has 1 heterocycles. The molecule has 0 aliphatic carbocycles. The molecule has 1 rings (SSSR count). The summed E-state index contributed by atoms with van der Waals surface area (Å²) in [6, 6.07) is 2.05. The van der Waals surface area contributed by atoms with Crippen LogP contribution < -0.4 is 5.32 Å². The van der Waals surface area contributed by atoms with E-state index >= 15 is 0 Å². The minimum atomic E-state index is 0.109. The Morgan fingerprint density at radius 3 is 2.75 bits per heavy atom. The van der Waals surface area contributed by atoms with Gasteiger partial charge in [-0.3, -0.25) is 0 Å². The van der Waals surface area contributed by atoms with Crippen LogP contribution in [-0.4, -0.2) is 17.0 Å². The van der Waals surface area contributed by atoms with Crippen molar-refractivity contribution in [2.24, 2.45) is 0 Å². The molecule has 1 aromatic heterocycles. The van der Waals surface area contributed by atoms with E-state index in [9.17, 15) is 0 Å². The van der Waals surface area contributed by atoms with Gasteiger partial charge < -0.3 is 5.32 Å². The summed E-state index contributed by atoms with van der Waals surface area (Å²) in [5.41, 5.74) is 2.80. The standard InChI is InChI=1S/C11H13ClN4/c1-4-8(6-14-3)10-7(2)15-11(12)16-9(10)5-13/h6,14H,4H2,1-3H3/b8-6-. The smallest absolute Gasteiger partial charge is 0.223 e. The van der Waals surface area contributed by atoms with Crippen molar-refractivity contribution in [3.63, 3.8) is 0 Å². The van der Waals surface area contributed by atoms with Crippen molar-refractivity contribution >= 4 is 17.2 Å². The van der Waals surface area contributed by atoms with E-state index in [1.165, 1.54) is 0 Å². The van der Waals surface area contributed by atoms with Crippen LogP contribution in [0.5, 0.6) is 0 Å². The minimum absolute atomic E-state index is 0.109. The van der Waals surface area contributed by atoms with Crippen LogP contribution in [0, 0.1) is 18.3 Å². The van der Waals surface area contributed by atoms with Gasteiger partial charge in [0.25, 0.3) is 0 Å². The lowest BCUT2D eigenvalue weighted by atomic mass is 10.0. The molecular weight excluding hydrogens is 224 g/mol. The fraction of sp³-hybridized carbons (Fsp3) is 0.364. The highest BCUT2D eigenvalue weighted by atomic mass is 35.5. The number of nitrogens with zero attached hydrogens (tertiary/aromatic N) is 3. The van der Waals surface area contributed by atoms with Crippen molar-refractivity contribution in [2.45, 2.75) is 20.3 Å². The van der Waals surface area contributed by atoms with Crippen LogP contribution in [0.1, 0.15) is 30.3 Å². The van der Waals surface area contributed by atoms with E-state index in [1.807, 2.05) is 33.2 Å². The number of halogens is 1. The van der Waals surface area contributed by atoms with E-state index in [4.69, 9.17) is 16.9 Å². The third-order valence-electron chi connectivity index (χ3n) is 2.19. The van der Waals surface area contributed by atoms with E-state index < -0.39 is 0 Å². The second kappa shape index (κ2) is 5.47. The molecule has 84 valence electrons. The quantitative estimate of drug-likeness (QED) is 0.818. The summed E-state index contributed by atoms with van der Waals surface area (Å²) in [6.45, 7) is 3.83. The van der Waals surface area contributed by atoms with Gasteiger partial charge in [0.05, 0.1) is 5.69 Å². The average molecular weight is 237 g/mol. The highest BCUT2D eigenvalue weighted by molar-refractivity contribution is 6.28. The summed E-state index contributed by atoms with van der Waals surface area (Å²) in [7, 11) is 1.81. The first-order chi connectivity index (χ1) is 7.63. The van der Waals surface area contributed by atoms with E-state index in [-0.39, 0.29) is 5.28 Å². The van der Waals surface area contributed by atoms with E-state index in [0.29, 0.717) is 5.69 Å². The van der Waals surface area contributed by atoms with E-state index in [1.54, 1.807) is 0 Å². The number of hydrogen-bond donors (Lipinski definition) is 1. The number of allylic oxidation sites excluding steroid dienone is 1. The number of nitrogens with one attached hydrogen (secondary N) is 1. The Kier molecular flexibility index (Phi) is 4.27. The van der Waals surface area contributed by atoms with Crippen molar-refractivity contribution in [1.82, 2.24) is 15.3 Å². The molecule has 0 unspecified atom stereocenters. The molecule has 0 fully saturated rings. The highest BCUT2D eigenvalue weighted by Crippen LogP contribution is 2.23. The summed E-state index contributed by atoms with van der Waals surface area (Å²) in [5, 5.41) is 12.1. The van der Waals surface area contributed by atoms with Crippen LogP contribution in [0.15, 0.2) is 6.20 Å². The Labute approximate surface area is 100.0 Å². The van der Waals surface area contributed by atoms with Gasteiger partial charge in [0.2, 0.25) is 5.28 Å². The van der Waals surface area contributed by atoms with Crippen LogP contribution >= 0.6 is 11.6 Å². The zero-order chi connectivity index (χ0) is 12.1. The molecule has 0 aliphatic heterocycles. The SMILES string of the molecule is CC/C(=C/NC)c1c(C)nc(Cl)nc1C#N. The molecule has 0 saturated carbocycles. The van der Waals surface area contributed by atoms with Gasteiger partial charge in [-0.05, 0) is 30.5 Å². The van der Waals surface area contributed by atoms with E-state index in [2.05, 4.69) is 15.3 Å². The first kappa shape index (κ1) is 12.5. The summed E-state index contributed by atoms with van der Waals surface area (Å²) in [6.07, 6.45) is 2.64. The summed E-state index contributed by atoms with van der Waals surface area (Å²) < 4.78 is 0. The Morgan fingerprint density at radius 2 is 2.25 bits per heavy atom. The molecule has 0 atom stereocenters. The predicted octanol–water partition coefficient (Wildman–Crippen LogP) is 2.28. The predicted molar refractivity (Wildman–Crippen MR) is 63.8 cm³/mol. The van der Waals surface area contributed by atoms with Crippen LogP contribution in [0.3, 0.4) is 0 Å². The lowest BCUT2D eigenvalue weighted by molar-refractivity contribution is 1.03. The van der Waals surface area contributed by atoms with Gasteiger partial charge in [-0.2, -0.15) is 5.26 Å². The maximum absolute atomic E-state index is 9.03. The molecule has 16 heavy (non-hydrogen) atoms. The number of hydrogen-bond acceptors (Lipinski definition) is 4. The van der Waals surface area contributed by atoms with Gasteiger partial charge in [0.15, 0.2) is 5.69 Å². The second-order valence-corrected chi connectivity index (χ2v) is 3.56. The summed E-state index contributed by atoms with van der Waals surface area (Å²) >= 11 is 5.72. The maximum Gasteiger partial charge on any atom is 0.223 e. The Hall–Kier alpha value is -1.60. The molecule has 0 radical (unpaired) electrons. The van der Waals surface area contributed by atoms with Gasteiger partial charge in [0.1, 0.15) is 6.07 Å². The Morgan fingerprint density at radius 1 is 1.56 bits per heavy atom. The van der Waals surface area contributed by atoms with Gasteiger partial charge in [0, 0.05) is 18.8 Å². The van der Waals surface area contributed by atoms with Crippen LogP contribution in [0.25, 0.3) is 5.57 Å². The molecule has 0 saturated heterocycles. The summed E-state index contributed by atoms with van der Waals surface area (Å²) in [4.78, 5) is 8.00. The van der Waals surface area contributed by atoms with Crippen molar-refractivity contribution in [2.75, 3.05) is 7.05 Å². The van der Waals surface area contributed by atoms with Gasteiger partial charge in [-0.15, -0.1) is 0 Å². The van der Waals surface area contributed by atoms with Crippen molar-refractivity contribution in [3.05, 3.63) is 28.4 Å². The molecule has 0 aliphatic rings. The molecule has 0 aromatic carbocycles. The second-order valence-electron chi connectivity index (χ2n) is 3.23. The van der Waals surface area contributed by atoms with Crippen LogP contribution in [0.2, 0.25) is 5.28 Å². The third kappa shape index (κ3) is 2.50.